The van der Waals surface area contributed by atoms with Gasteiger partial charge in [-0.3, -0.25) is 0 Å². The first-order chi connectivity index (χ1) is 7.48. The molecule has 0 aliphatic carbocycles. The lowest BCUT2D eigenvalue weighted by atomic mass is 9.99. The average molecular weight is 250 g/mol. The van der Waals surface area contributed by atoms with Crippen molar-refractivity contribution in [3.8, 4) is 0 Å². The van der Waals surface area contributed by atoms with Crippen LogP contribution in [0.4, 0.5) is 13.2 Å². The van der Waals surface area contributed by atoms with E-state index >= 15 is 0 Å². The number of halogens is 4. The van der Waals surface area contributed by atoms with Gasteiger partial charge in [0.25, 0.3) is 0 Å². The van der Waals surface area contributed by atoms with E-state index in [2.05, 4.69) is 5.32 Å². The Kier molecular flexibility index (Phi) is 3.13. The predicted molar refractivity (Wildman–Crippen MR) is 56.4 cm³/mol. The number of hydrogen-bond donors (Lipinski definition) is 1. The molecule has 1 saturated heterocycles. The van der Waals surface area contributed by atoms with Gasteiger partial charge in [0, 0.05) is 11.1 Å². The zero-order valence-corrected chi connectivity index (χ0v) is 9.20. The maximum Gasteiger partial charge on any atom is 0.416 e. The minimum absolute atomic E-state index is 0.120. The van der Waals surface area contributed by atoms with Gasteiger partial charge in [-0.15, -0.1) is 0 Å². The molecule has 5 heteroatoms. The maximum atomic E-state index is 12.8. The summed E-state index contributed by atoms with van der Waals surface area (Å²) >= 11 is 5.61. The van der Waals surface area contributed by atoms with Crippen molar-refractivity contribution >= 4 is 11.6 Å². The highest BCUT2D eigenvalue weighted by Crippen LogP contribution is 2.38. The second-order valence-electron chi connectivity index (χ2n) is 3.88. The van der Waals surface area contributed by atoms with Crippen LogP contribution in [0.2, 0.25) is 5.02 Å². The molecule has 1 aromatic carbocycles. The average Bonchev–Trinajstić information content (AvgIpc) is 2.69. The third-order valence-corrected chi connectivity index (χ3v) is 2.99. The Morgan fingerprint density at radius 1 is 1.31 bits per heavy atom. The van der Waals surface area contributed by atoms with E-state index in [0.717, 1.165) is 25.5 Å². The molecular weight excluding hydrogens is 239 g/mol. The van der Waals surface area contributed by atoms with Gasteiger partial charge in [-0.25, -0.2) is 0 Å². The standard InChI is InChI=1S/C11H11ClF3N/c12-7-3-4-8(10-2-1-5-16-10)9(6-7)11(13,14)15/h3-4,6,10,16H,1-2,5H2/t10-/m0/s1. The topological polar surface area (TPSA) is 12.0 Å². The van der Waals surface area contributed by atoms with Crippen molar-refractivity contribution in [3.05, 3.63) is 34.3 Å². The maximum absolute atomic E-state index is 12.8. The van der Waals surface area contributed by atoms with Gasteiger partial charge in [-0.2, -0.15) is 13.2 Å². The highest BCUT2D eigenvalue weighted by atomic mass is 35.5. The zero-order chi connectivity index (χ0) is 11.8. The third kappa shape index (κ3) is 2.33. The van der Waals surface area contributed by atoms with Gasteiger partial charge in [0.2, 0.25) is 0 Å². The van der Waals surface area contributed by atoms with Gasteiger partial charge in [0.05, 0.1) is 5.56 Å². The summed E-state index contributed by atoms with van der Waals surface area (Å²) in [4.78, 5) is 0. The van der Waals surface area contributed by atoms with Crippen LogP contribution in [-0.2, 0) is 6.18 Å². The van der Waals surface area contributed by atoms with E-state index < -0.39 is 11.7 Å². The van der Waals surface area contributed by atoms with Crippen molar-refractivity contribution in [2.45, 2.75) is 25.1 Å². The van der Waals surface area contributed by atoms with Crippen LogP contribution in [-0.4, -0.2) is 6.54 Å². The second-order valence-corrected chi connectivity index (χ2v) is 4.31. The predicted octanol–water partition coefficient (Wildman–Crippen LogP) is 3.78. The summed E-state index contributed by atoms with van der Waals surface area (Å²) < 4.78 is 38.4. The minimum Gasteiger partial charge on any atom is -0.310 e. The molecule has 1 nitrogen and oxygen atoms in total. The Labute approximate surface area is 96.6 Å². The molecule has 1 aromatic rings. The molecular formula is C11H11ClF3N. The number of alkyl halides is 3. The second kappa shape index (κ2) is 4.26. The SMILES string of the molecule is FC(F)(F)c1cc(Cl)ccc1[C@@H]1CCCN1. The molecule has 0 radical (unpaired) electrons. The lowest BCUT2D eigenvalue weighted by Gasteiger charge is -2.18. The van der Waals surface area contributed by atoms with Crippen molar-refractivity contribution in [2.24, 2.45) is 0 Å². The Morgan fingerprint density at radius 3 is 2.62 bits per heavy atom. The number of nitrogens with one attached hydrogen (secondary N) is 1. The minimum atomic E-state index is -4.34. The van der Waals surface area contributed by atoms with Crippen molar-refractivity contribution in [1.29, 1.82) is 0 Å². The van der Waals surface area contributed by atoms with E-state index in [-0.39, 0.29) is 11.1 Å². The smallest absolute Gasteiger partial charge is 0.310 e. The Balaban J connectivity index is 2.43. The largest absolute Gasteiger partial charge is 0.416 e. The fourth-order valence-electron chi connectivity index (χ4n) is 2.03. The van der Waals surface area contributed by atoms with Crippen LogP contribution in [0.1, 0.15) is 30.0 Å². The van der Waals surface area contributed by atoms with Crippen molar-refractivity contribution in [2.75, 3.05) is 6.54 Å². The Morgan fingerprint density at radius 2 is 2.06 bits per heavy atom. The molecule has 1 N–H and O–H groups in total. The van der Waals surface area contributed by atoms with Crippen molar-refractivity contribution < 1.29 is 13.2 Å². The molecule has 1 fully saturated rings. The summed E-state index contributed by atoms with van der Waals surface area (Å²) in [6.07, 6.45) is -2.69. The molecule has 88 valence electrons. The van der Waals surface area contributed by atoms with Crippen LogP contribution in [0.25, 0.3) is 0 Å². The third-order valence-electron chi connectivity index (χ3n) is 2.76. The van der Waals surface area contributed by atoms with Crippen LogP contribution in [0, 0.1) is 0 Å². The van der Waals surface area contributed by atoms with Gasteiger partial charge in [-0.1, -0.05) is 17.7 Å². The highest BCUT2D eigenvalue weighted by molar-refractivity contribution is 6.30. The normalized spacial score (nSPS) is 21.4. The molecule has 0 aromatic heterocycles. The first-order valence-corrected chi connectivity index (χ1v) is 5.46. The molecule has 0 unspecified atom stereocenters. The van der Waals surface area contributed by atoms with Crippen LogP contribution < -0.4 is 5.32 Å². The van der Waals surface area contributed by atoms with Gasteiger partial charge in [0.1, 0.15) is 0 Å². The molecule has 1 atom stereocenters. The number of hydrogen-bond acceptors (Lipinski definition) is 1. The molecule has 2 rings (SSSR count). The molecule has 0 saturated carbocycles. The van der Waals surface area contributed by atoms with Crippen LogP contribution in [0.5, 0.6) is 0 Å². The van der Waals surface area contributed by atoms with Gasteiger partial charge < -0.3 is 5.32 Å². The summed E-state index contributed by atoms with van der Waals surface area (Å²) in [6, 6.07) is 3.77. The lowest BCUT2D eigenvalue weighted by molar-refractivity contribution is -0.138. The van der Waals surface area contributed by atoms with Crippen molar-refractivity contribution in [3.63, 3.8) is 0 Å². The van der Waals surface area contributed by atoms with E-state index in [1.165, 1.54) is 12.1 Å². The summed E-state index contributed by atoms with van der Waals surface area (Å²) in [5.41, 5.74) is -0.325. The van der Waals surface area contributed by atoms with E-state index in [1.807, 2.05) is 0 Å². The van der Waals surface area contributed by atoms with Crippen LogP contribution in [0.15, 0.2) is 18.2 Å². The summed E-state index contributed by atoms with van der Waals surface area (Å²) in [6.45, 7) is 0.768. The van der Waals surface area contributed by atoms with Crippen LogP contribution >= 0.6 is 11.6 Å². The van der Waals surface area contributed by atoms with Crippen LogP contribution in [0.3, 0.4) is 0 Å². The molecule has 1 heterocycles. The van der Waals surface area contributed by atoms with Gasteiger partial charge in [-0.05, 0) is 37.1 Å². The molecule has 0 amide bonds. The Bertz CT molecular complexity index is 383. The summed E-state index contributed by atoms with van der Waals surface area (Å²) in [5, 5.41) is 3.18. The van der Waals surface area contributed by atoms with E-state index in [1.54, 1.807) is 0 Å². The van der Waals surface area contributed by atoms with E-state index in [0.29, 0.717) is 5.56 Å². The Hall–Kier alpha value is -0.740. The molecule has 1 aliphatic rings. The molecule has 1 aliphatic heterocycles. The zero-order valence-electron chi connectivity index (χ0n) is 8.44. The number of rotatable bonds is 1. The van der Waals surface area contributed by atoms with Gasteiger partial charge >= 0.3 is 6.18 Å². The highest BCUT2D eigenvalue weighted by Gasteiger charge is 2.35. The molecule has 16 heavy (non-hydrogen) atoms. The molecule has 0 spiro atoms. The summed E-state index contributed by atoms with van der Waals surface area (Å²) in [5.74, 6) is 0. The van der Waals surface area contributed by atoms with E-state index in [4.69, 9.17) is 11.6 Å². The molecule has 0 bridgehead atoms. The van der Waals surface area contributed by atoms with Gasteiger partial charge in [0.15, 0.2) is 0 Å². The monoisotopic (exact) mass is 249 g/mol. The number of benzene rings is 1. The lowest BCUT2D eigenvalue weighted by Crippen LogP contribution is -2.18. The summed E-state index contributed by atoms with van der Waals surface area (Å²) in [7, 11) is 0. The fourth-order valence-corrected chi connectivity index (χ4v) is 2.20. The quantitative estimate of drug-likeness (QED) is 0.799. The first kappa shape index (κ1) is 11.7. The van der Waals surface area contributed by atoms with Crippen molar-refractivity contribution in [1.82, 2.24) is 5.32 Å². The fraction of sp³-hybridized carbons (Fsp3) is 0.455. The first-order valence-electron chi connectivity index (χ1n) is 5.08. The van der Waals surface area contributed by atoms with E-state index in [9.17, 15) is 13.2 Å².